The van der Waals surface area contributed by atoms with Crippen LogP contribution < -0.4 is 11.3 Å². The second kappa shape index (κ2) is 5.68. The summed E-state index contributed by atoms with van der Waals surface area (Å²) in [7, 11) is 0. The van der Waals surface area contributed by atoms with E-state index in [1.165, 1.54) is 5.57 Å². The van der Waals surface area contributed by atoms with Gasteiger partial charge in [0.1, 0.15) is 0 Å². The fraction of sp³-hybridized carbons (Fsp3) is 0.800. The Labute approximate surface area is 86.3 Å². The Hall–Kier alpha value is 0.01000. The lowest BCUT2D eigenvalue weighted by atomic mass is 10.1. The highest BCUT2D eigenvalue weighted by Gasteiger charge is 2.14. The van der Waals surface area contributed by atoms with E-state index in [9.17, 15) is 0 Å². The molecule has 0 saturated heterocycles. The second-order valence-corrected chi connectivity index (χ2v) is 6.29. The molecule has 78 valence electrons. The average molecular weight is 202 g/mol. The highest BCUT2D eigenvalue weighted by Crippen LogP contribution is 2.24. The van der Waals surface area contributed by atoms with E-state index in [0.29, 0.717) is 10.8 Å². The predicted molar refractivity (Wildman–Crippen MR) is 62.8 cm³/mol. The first-order chi connectivity index (χ1) is 5.85. The van der Waals surface area contributed by atoms with Gasteiger partial charge in [-0.3, -0.25) is 11.3 Å². The van der Waals surface area contributed by atoms with Gasteiger partial charge in [-0.2, -0.15) is 11.8 Å². The van der Waals surface area contributed by atoms with Crippen molar-refractivity contribution in [2.75, 3.05) is 5.75 Å². The molecule has 0 saturated carbocycles. The fourth-order valence-corrected chi connectivity index (χ4v) is 1.85. The topological polar surface area (TPSA) is 38.0 Å². The molecule has 0 heterocycles. The Bertz CT molecular complexity index is 161. The van der Waals surface area contributed by atoms with Gasteiger partial charge in [0.15, 0.2) is 0 Å². The van der Waals surface area contributed by atoms with Gasteiger partial charge < -0.3 is 0 Å². The summed E-state index contributed by atoms with van der Waals surface area (Å²) in [6.45, 7) is 12.6. The number of nitrogens with one attached hydrogen (secondary N) is 1. The molecule has 0 spiro atoms. The molecule has 0 fully saturated rings. The molecule has 13 heavy (non-hydrogen) atoms. The van der Waals surface area contributed by atoms with Crippen LogP contribution in [0.25, 0.3) is 0 Å². The summed E-state index contributed by atoms with van der Waals surface area (Å²) in [6.07, 6.45) is 0.958. The highest BCUT2D eigenvalue weighted by molar-refractivity contribution is 8.00. The molecule has 0 aromatic heterocycles. The molecule has 1 atom stereocenters. The molecule has 0 rings (SSSR count). The largest absolute Gasteiger partial charge is 0.271 e. The minimum Gasteiger partial charge on any atom is -0.271 e. The molecule has 0 aliphatic carbocycles. The van der Waals surface area contributed by atoms with Crippen molar-refractivity contribution < 1.29 is 0 Å². The summed E-state index contributed by atoms with van der Waals surface area (Å²) in [5.74, 6) is 6.48. The number of rotatable bonds is 5. The van der Waals surface area contributed by atoms with E-state index >= 15 is 0 Å². The number of thioether (sulfide) groups is 1. The number of hydrogen-bond donors (Lipinski definition) is 2. The SMILES string of the molecule is C=C(C)CC(CSC(C)(C)C)NN. The van der Waals surface area contributed by atoms with Crippen LogP contribution in [-0.4, -0.2) is 16.5 Å². The average Bonchev–Trinajstić information content (AvgIpc) is 1.95. The van der Waals surface area contributed by atoms with E-state index in [0.717, 1.165) is 12.2 Å². The van der Waals surface area contributed by atoms with Gasteiger partial charge in [-0.15, -0.1) is 6.58 Å². The maximum absolute atomic E-state index is 5.45. The molecule has 2 nitrogen and oxygen atoms in total. The Morgan fingerprint density at radius 3 is 2.38 bits per heavy atom. The van der Waals surface area contributed by atoms with Crippen molar-refractivity contribution in [2.45, 2.75) is 44.9 Å². The summed E-state index contributed by atoms with van der Waals surface area (Å²) in [5, 5.41) is 0. The van der Waals surface area contributed by atoms with Crippen molar-refractivity contribution in [1.82, 2.24) is 5.43 Å². The molecule has 3 heteroatoms. The van der Waals surface area contributed by atoms with Crippen LogP contribution in [0.4, 0.5) is 0 Å². The smallest absolute Gasteiger partial charge is 0.0338 e. The molecule has 3 N–H and O–H groups in total. The second-order valence-electron chi connectivity index (χ2n) is 4.45. The van der Waals surface area contributed by atoms with Crippen LogP contribution in [0, 0.1) is 0 Å². The van der Waals surface area contributed by atoms with Crippen molar-refractivity contribution in [2.24, 2.45) is 5.84 Å². The summed E-state index contributed by atoms with van der Waals surface area (Å²) in [6, 6.07) is 0.349. The van der Waals surface area contributed by atoms with Gasteiger partial charge in [0.25, 0.3) is 0 Å². The number of hydrazine groups is 1. The molecule has 0 aliphatic heterocycles. The van der Waals surface area contributed by atoms with Gasteiger partial charge in [0, 0.05) is 16.5 Å². The Morgan fingerprint density at radius 2 is 2.08 bits per heavy atom. The van der Waals surface area contributed by atoms with Crippen LogP contribution in [-0.2, 0) is 0 Å². The van der Waals surface area contributed by atoms with Gasteiger partial charge in [-0.1, -0.05) is 26.3 Å². The molecule has 0 aromatic rings. The Morgan fingerprint density at radius 1 is 1.54 bits per heavy atom. The van der Waals surface area contributed by atoms with Gasteiger partial charge in [-0.05, 0) is 13.3 Å². The summed E-state index contributed by atoms with van der Waals surface area (Å²) >= 11 is 1.92. The van der Waals surface area contributed by atoms with Crippen LogP contribution >= 0.6 is 11.8 Å². The zero-order valence-electron chi connectivity index (χ0n) is 9.18. The standard InChI is InChI=1S/C10H22N2S/c1-8(2)6-9(12-11)7-13-10(3,4)5/h9,12H,1,6-7,11H2,2-5H3. The third-order valence-electron chi connectivity index (χ3n) is 1.55. The molecular formula is C10H22N2S. The summed E-state index contributed by atoms with van der Waals surface area (Å²) in [5.41, 5.74) is 4.00. The monoisotopic (exact) mass is 202 g/mol. The van der Waals surface area contributed by atoms with E-state index in [2.05, 4.69) is 32.8 Å². The van der Waals surface area contributed by atoms with Crippen LogP contribution in [0.15, 0.2) is 12.2 Å². The van der Waals surface area contributed by atoms with Crippen LogP contribution in [0.2, 0.25) is 0 Å². The van der Waals surface area contributed by atoms with Crippen LogP contribution in [0.5, 0.6) is 0 Å². The van der Waals surface area contributed by atoms with E-state index in [1.54, 1.807) is 0 Å². The molecular weight excluding hydrogens is 180 g/mol. The molecule has 1 unspecified atom stereocenters. The van der Waals surface area contributed by atoms with E-state index in [1.807, 2.05) is 18.7 Å². The van der Waals surface area contributed by atoms with Gasteiger partial charge in [0.2, 0.25) is 0 Å². The molecule has 0 aliphatic rings. The van der Waals surface area contributed by atoms with Crippen molar-refractivity contribution in [1.29, 1.82) is 0 Å². The first-order valence-corrected chi connectivity index (χ1v) is 5.58. The third kappa shape index (κ3) is 8.34. The maximum Gasteiger partial charge on any atom is 0.0338 e. The van der Waals surface area contributed by atoms with Gasteiger partial charge in [0.05, 0.1) is 0 Å². The molecule has 0 bridgehead atoms. The number of hydrogen-bond acceptors (Lipinski definition) is 3. The molecule has 0 radical (unpaired) electrons. The first-order valence-electron chi connectivity index (χ1n) is 4.59. The Balaban J connectivity index is 3.79. The van der Waals surface area contributed by atoms with Crippen molar-refractivity contribution in [3.05, 3.63) is 12.2 Å². The van der Waals surface area contributed by atoms with E-state index < -0.39 is 0 Å². The van der Waals surface area contributed by atoms with Gasteiger partial charge >= 0.3 is 0 Å². The normalized spacial score (nSPS) is 14.2. The molecule has 0 amide bonds. The fourth-order valence-electron chi connectivity index (χ4n) is 0.937. The van der Waals surface area contributed by atoms with E-state index in [4.69, 9.17) is 5.84 Å². The van der Waals surface area contributed by atoms with Crippen LogP contribution in [0.1, 0.15) is 34.1 Å². The lowest BCUT2D eigenvalue weighted by Crippen LogP contribution is -2.38. The molecule has 0 aromatic carbocycles. The minimum absolute atomic E-state index is 0.310. The predicted octanol–water partition coefficient (Wildman–Crippen LogP) is 2.32. The van der Waals surface area contributed by atoms with Crippen LogP contribution in [0.3, 0.4) is 0 Å². The lowest BCUT2D eigenvalue weighted by Gasteiger charge is -2.22. The minimum atomic E-state index is 0.310. The zero-order chi connectivity index (χ0) is 10.5. The van der Waals surface area contributed by atoms with Gasteiger partial charge in [-0.25, -0.2) is 0 Å². The van der Waals surface area contributed by atoms with E-state index in [-0.39, 0.29) is 0 Å². The first kappa shape index (κ1) is 13.0. The lowest BCUT2D eigenvalue weighted by molar-refractivity contribution is 0.571. The number of nitrogens with two attached hydrogens (primary N) is 1. The van der Waals surface area contributed by atoms with Crippen molar-refractivity contribution in [3.63, 3.8) is 0 Å². The van der Waals surface area contributed by atoms with Crippen molar-refractivity contribution in [3.8, 4) is 0 Å². The quantitative estimate of drug-likeness (QED) is 0.408. The summed E-state index contributed by atoms with van der Waals surface area (Å²) < 4.78 is 0.310. The third-order valence-corrected chi connectivity index (χ3v) is 2.98. The maximum atomic E-state index is 5.45. The van der Waals surface area contributed by atoms with Crippen molar-refractivity contribution >= 4 is 11.8 Å². The summed E-state index contributed by atoms with van der Waals surface area (Å²) in [4.78, 5) is 0. The Kier molecular flexibility index (Phi) is 5.68. The highest BCUT2D eigenvalue weighted by atomic mass is 32.2. The zero-order valence-corrected chi connectivity index (χ0v) is 10.0.